The molecule has 5 heterocycles. The number of aromatic nitrogens is 4. The Hall–Kier alpha value is -6.43. The number of aliphatic hydroxyl groups excluding tert-OH is 1. The van der Waals surface area contributed by atoms with Gasteiger partial charge in [-0.1, -0.05) is 25.6 Å². The largest absolute Gasteiger partial charge is 0.456 e. The molecule has 3 aromatic carbocycles. The van der Waals surface area contributed by atoms with E-state index in [0.717, 1.165) is 91.0 Å². The fourth-order valence-electron chi connectivity index (χ4n) is 7.59. The third-order valence-corrected chi connectivity index (χ3v) is 11.6. The van der Waals surface area contributed by atoms with E-state index in [0.29, 0.717) is 6.54 Å². The molecule has 4 N–H and O–H groups in total. The van der Waals surface area contributed by atoms with E-state index in [9.17, 15) is 19.2 Å². The number of nitrogens with one attached hydrogen (secondary N) is 3. The molecule has 5 aromatic rings. The minimum absolute atomic E-state index is 0. The normalized spacial score (nSPS) is 12.6. The van der Waals surface area contributed by atoms with Crippen molar-refractivity contribution in [2.24, 2.45) is 0 Å². The van der Waals surface area contributed by atoms with Crippen LogP contribution >= 0.6 is 0 Å². The second-order valence-electron chi connectivity index (χ2n) is 17.8. The average molecular weight is 955 g/mol. The predicted molar refractivity (Wildman–Crippen MR) is 290 cm³/mol. The van der Waals surface area contributed by atoms with E-state index in [-0.39, 0.29) is 38.3 Å². The van der Waals surface area contributed by atoms with Crippen molar-refractivity contribution < 1.29 is 33.8 Å². The van der Waals surface area contributed by atoms with Gasteiger partial charge >= 0.3 is 12.1 Å². The maximum Gasteiger partial charge on any atom is 0.414 e. The number of aliphatic hydroxyl groups is 1. The number of ether oxygens (including phenoxy) is 2. The Balaban J connectivity index is 0.000000217. The molecule has 0 spiro atoms. The number of amides is 3. The minimum Gasteiger partial charge on any atom is -0.456 e. The first-order valence-corrected chi connectivity index (χ1v) is 22.9. The van der Waals surface area contributed by atoms with E-state index in [4.69, 9.17) is 45.5 Å². The molecule has 363 valence electrons. The van der Waals surface area contributed by atoms with Gasteiger partial charge in [0.25, 0.3) is 11.8 Å². The maximum absolute atomic E-state index is 12.1. The Kier molecular flexibility index (Phi) is 21.5. The van der Waals surface area contributed by atoms with Crippen LogP contribution in [0.5, 0.6) is 0 Å². The molecule has 3 amide bonds. The molecule has 0 saturated carbocycles. The van der Waals surface area contributed by atoms with Crippen LogP contribution in [-0.4, -0.2) is 159 Å². The van der Waals surface area contributed by atoms with E-state index in [1.54, 1.807) is 31.6 Å². The maximum atomic E-state index is 12.1. The molecule has 2 aromatic heterocycles. The molecule has 0 unspecified atom stereocenters. The van der Waals surface area contributed by atoms with Gasteiger partial charge in [0.2, 0.25) is 0 Å². The highest BCUT2D eigenvalue weighted by Gasteiger charge is 2.29. The number of rotatable bonds is 12. The zero-order valence-corrected chi connectivity index (χ0v) is 41.1. The van der Waals surface area contributed by atoms with Gasteiger partial charge in [0.15, 0.2) is 6.61 Å². The van der Waals surface area contributed by atoms with Gasteiger partial charge in [-0.15, -0.1) is 0 Å². The number of likely N-dealkylation sites (N-methyl/N-ethyl adjacent to an activating group) is 2. The van der Waals surface area contributed by atoms with Gasteiger partial charge in [-0.05, 0) is 93.1 Å². The molecule has 0 aliphatic carbocycles. The van der Waals surface area contributed by atoms with Crippen molar-refractivity contribution in [3.05, 3.63) is 108 Å². The van der Waals surface area contributed by atoms with Gasteiger partial charge in [-0.3, -0.25) is 19.3 Å². The summed E-state index contributed by atoms with van der Waals surface area (Å²) in [4.78, 5) is 70.2. The van der Waals surface area contributed by atoms with Gasteiger partial charge in [-0.2, -0.15) is 0 Å². The molecule has 0 atom stereocenters. The molecule has 3 aliphatic rings. The Bertz CT molecular complexity index is 2520. The van der Waals surface area contributed by atoms with Crippen molar-refractivity contribution in [2.75, 3.05) is 83.8 Å². The molecule has 9 radical (unpaired) electrons. The van der Waals surface area contributed by atoms with Gasteiger partial charge in [-0.25, -0.2) is 14.8 Å². The number of esters is 1. The van der Waals surface area contributed by atoms with Crippen LogP contribution < -0.4 is 29.8 Å². The number of hydrogen-bond acceptors (Lipinski definition) is 12. The lowest BCUT2D eigenvalue weighted by atomic mass is 8.76. The Morgan fingerprint density at radius 2 is 1.28 bits per heavy atom. The monoisotopic (exact) mass is 956 g/mol. The molecule has 8 rings (SSSR count). The first-order chi connectivity index (χ1) is 33.3. The summed E-state index contributed by atoms with van der Waals surface area (Å²) in [7, 11) is 26.8. The van der Waals surface area contributed by atoms with Crippen molar-refractivity contribution >= 4 is 109 Å². The zero-order valence-electron chi connectivity index (χ0n) is 41.1. The number of carbonyl (C=O) groups excluding carboxylic acids is 4. The highest BCUT2D eigenvalue weighted by molar-refractivity contribution is 7.81. The van der Waals surface area contributed by atoms with E-state index < -0.39 is 24.6 Å². The first-order valence-electron chi connectivity index (χ1n) is 22.9. The van der Waals surface area contributed by atoms with Gasteiger partial charge in [0.1, 0.15) is 12.2 Å². The summed E-state index contributed by atoms with van der Waals surface area (Å²) in [6, 6.07) is 18.0. The van der Waals surface area contributed by atoms with Crippen LogP contribution in [0.3, 0.4) is 0 Å². The van der Waals surface area contributed by atoms with E-state index in [1.807, 2.05) is 82.7 Å². The molecular weight excluding hydrogens is 892 g/mol. The summed E-state index contributed by atoms with van der Waals surface area (Å²) in [6.07, 6.45) is 8.66. The number of anilines is 6. The third-order valence-electron chi connectivity index (χ3n) is 11.6. The summed E-state index contributed by atoms with van der Waals surface area (Å²) in [5, 5.41) is 12.1. The second kappa shape index (κ2) is 26.7. The van der Waals surface area contributed by atoms with Crippen LogP contribution in [0.2, 0.25) is 0 Å². The number of H-pyrrole nitrogens is 2. The summed E-state index contributed by atoms with van der Waals surface area (Å²) in [5.41, 5.74) is 11.2. The van der Waals surface area contributed by atoms with Crippen LogP contribution in [-0.2, 0) is 56.2 Å². The molecular formula is C47H62B7N10O7. The molecule has 3 aliphatic heterocycles. The number of hydrogen-bond donors (Lipinski definition) is 4. The number of aromatic amines is 2. The van der Waals surface area contributed by atoms with Crippen molar-refractivity contribution in [1.82, 2.24) is 19.9 Å². The lowest BCUT2D eigenvalue weighted by molar-refractivity contribution is -0.145. The van der Waals surface area contributed by atoms with E-state index >= 15 is 0 Å². The molecule has 0 fully saturated rings. The lowest BCUT2D eigenvalue weighted by Crippen LogP contribution is -2.43. The fourth-order valence-corrected chi connectivity index (χ4v) is 7.59. The SMILES string of the molecule is C.CC(=O)OCC(=O)N(C)c1ccc2c(c1)N(Cc1cnc[nH]1)CC2.CN(C(=O)CO)c1ccc2c(c1)N(Cc1cnc[nH]1)CC2.CNc1ccc2c(c1)N(C(=O)OC(C)(C)C)CC2.[B][B]B([B])B([B])[B]. The van der Waals surface area contributed by atoms with Gasteiger partial charge in [0, 0.05) is 139 Å². The van der Waals surface area contributed by atoms with Crippen LogP contribution in [0, 0.1) is 0 Å². The summed E-state index contributed by atoms with van der Waals surface area (Å²) >= 11 is 0. The highest BCUT2D eigenvalue weighted by atomic mass is 16.6. The highest BCUT2D eigenvalue weighted by Crippen LogP contribution is 2.35. The average Bonchev–Trinajstić information content (AvgIpc) is 4.22. The standard InChI is InChI=1S/C17H20N4O3.C15H18N4O2.C14H20N2O2.CH4.B7/c1-12(22)24-10-17(23)20(2)15-4-3-13-5-6-21(16(13)7-15)9-14-8-18-11-19-14;1-18(15(21)9-20)13-3-2-11-4-5-19(14(11)6-13)8-12-7-16-10-17-12;1-14(2,3)18-13(17)16-8-7-10-5-6-11(15-4)9-12(10)16;;1-5-7(4)6(2)3/h3-4,7-8,11H,5-6,9-10H2,1-2H3,(H,18,19);2-3,6-7,10,20H,4-5,8-9H2,1H3,(H,16,17);5-6,9,15H,7-8H2,1-4H3;1H4;. The van der Waals surface area contributed by atoms with Crippen molar-refractivity contribution in [2.45, 2.75) is 73.1 Å². The van der Waals surface area contributed by atoms with Crippen LogP contribution in [0.4, 0.5) is 38.9 Å². The minimum atomic E-state index is -0.537. The van der Waals surface area contributed by atoms with Gasteiger partial charge < -0.3 is 49.5 Å². The van der Waals surface area contributed by atoms with E-state index in [1.165, 1.54) is 40.5 Å². The van der Waals surface area contributed by atoms with Gasteiger partial charge in [0.05, 0.1) is 42.8 Å². The lowest BCUT2D eigenvalue weighted by Gasteiger charge is -2.25. The number of imidazole rings is 2. The zero-order chi connectivity index (χ0) is 51.1. The predicted octanol–water partition coefficient (Wildman–Crippen LogP) is 3.42. The van der Waals surface area contributed by atoms with E-state index in [2.05, 4.69) is 47.2 Å². The van der Waals surface area contributed by atoms with Crippen molar-refractivity contribution in [3.63, 3.8) is 0 Å². The van der Waals surface area contributed by atoms with Crippen LogP contribution in [0.25, 0.3) is 0 Å². The Morgan fingerprint density at radius 1 is 0.789 bits per heavy atom. The number of nitrogens with zero attached hydrogens (tertiary/aromatic N) is 7. The fraction of sp³-hybridized carbons (Fsp3) is 0.404. The summed E-state index contributed by atoms with van der Waals surface area (Å²) in [6.45, 7) is 10.3. The summed E-state index contributed by atoms with van der Waals surface area (Å²) in [5.74, 6) is -1.03. The summed E-state index contributed by atoms with van der Waals surface area (Å²) < 4.78 is 10.2. The molecule has 71 heavy (non-hydrogen) atoms. The van der Waals surface area contributed by atoms with Crippen LogP contribution in [0.15, 0.2) is 79.6 Å². The molecule has 24 heteroatoms. The number of fused-ring (bicyclic) bond motifs is 3. The quantitative estimate of drug-likeness (QED) is 0.106. The van der Waals surface area contributed by atoms with Crippen molar-refractivity contribution in [1.29, 1.82) is 0 Å². The van der Waals surface area contributed by atoms with Crippen LogP contribution in [0.1, 0.15) is 63.2 Å². The molecule has 0 bridgehead atoms. The topological polar surface area (TPSA) is 193 Å². The molecule has 17 nitrogen and oxygen atoms in total. The smallest absolute Gasteiger partial charge is 0.414 e. The second-order valence-corrected chi connectivity index (χ2v) is 17.8. The Labute approximate surface area is 425 Å². The first kappa shape index (κ1) is 57.2. The van der Waals surface area contributed by atoms with Crippen molar-refractivity contribution in [3.8, 4) is 0 Å². The number of carbonyl (C=O) groups is 4. The Morgan fingerprint density at radius 3 is 1.70 bits per heavy atom. The third kappa shape index (κ3) is 16.3. The molecule has 0 saturated heterocycles. The number of benzene rings is 3.